The number of hydrogen-bond acceptors (Lipinski definition) is 3. The van der Waals surface area contributed by atoms with Gasteiger partial charge in [-0.15, -0.1) is 0 Å². The van der Waals surface area contributed by atoms with Crippen molar-refractivity contribution in [2.24, 2.45) is 0 Å². The van der Waals surface area contributed by atoms with Crippen molar-refractivity contribution in [1.29, 1.82) is 0 Å². The fourth-order valence-corrected chi connectivity index (χ4v) is 2.50. The fraction of sp³-hybridized carbons (Fsp3) is 0.200. The summed E-state index contributed by atoms with van der Waals surface area (Å²) in [7, 11) is 0. The summed E-state index contributed by atoms with van der Waals surface area (Å²) in [6.45, 7) is 1.05. The van der Waals surface area contributed by atoms with Gasteiger partial charge in [-0.3, -0.25) is 4.79 Å². The first kappa shape index (κ1) is 15.8. The highest BCUT2D eigenvalue weighted by atomic mass is 79.9. The predicted molar refractivity (Wildman–Crippen MR) is 88.3 cm³/mol. The van der Waals surface area contributed by atoms with Gasteiger partial charge in [0.25, 0.3) is 0 Å². The second-order valence-corrected chi connectivity index (χ2v) is 5.71. The normalized spacial score (nSPS) is 10.2. The van der Waals surface area contributed by atoms with Crippen LogP contribution >= 0.6 is 27.5 Å². The van der Waals surface area contributed by atoms with Crippen molar-refractivity contribution in [2.75, 3.05) is 11.9 Å². The SMILES string of the molecule is O=C(CCNc1ncc(Cl)cc1Br)NCc1ccccc1. The number of halogens is 2. The lowest BCUT2D eigenvalue weighted by molar-refractivity contribution is -0.121. The molecular formula is C15H15BrClN3O. The van der Waals surface area contributed by atoms with Gasteiger partial charge in [-0.25, -0.2) is 4.98 Å². The van der Waals surface area contributed by atoms with Crippen molar-refractivity contribution in [2.45, 2.75) is 13.0 Å². The highest BCUT2D eigenvalue weighted by Gasteiger charge is 2.04. The highest BCUT2D eigenvalue weighted by Crippen LogP contribution is 2.22. The maximum atomic E-state index is 11.7. The van der Waals surface area contributed by atoms with E-state index in [0.717, 1.165) is 10.0 Å². The van der Waals surface area contributed by atoms with Crippen LogP contribution in [0.5, 0.6) is 0 Å². The second-order valence-electron chi connectivity index (χ2n) is 4.42. The van der Waals surface area contributed by atoms with Crippen LogP contribution in [0.3, 0.4) is 0 Å². The number of rotatable bonds is 6. The zero-order chi connectivity index (χ0) is 15.1. The minimum atomic E-state index is -0.00330. The minimum absolute atomic E-state index is 0.00330. The number of amides is 1. The van der Waals surface area contributed by atoms with Gasteiger partial charge in [0.2, 0.25) is 5.91 Å². The van der Waals surface area contributed by atoms with Crippen molar-refractivity contribution in [3.8, 4) is 0 Å². The molecule has 2 N–H and O–H groups in total. The molecular weight excluding hydrogens is 354 g/mol. The van der Waals surface area contributed by atoms with Crippen molar-refractivity contribution in [1.82, 2.24) is 10.3 Å². The summed E-state index contributed by atoms with van der Waals surface area (Å²) < 4.78 is 0.777. The van der Waals surface area contributed by atoms with Crippen molar-refractivity contribution >= 4 is 39.3 Å². The van der Waals surface area contributed by atoms with Crippen LogP contribution in [-0.4, -0.2) is 17.4 Å². The Balaban J connectivity index is 1.72. The monoisotopic (exact) mass is 367 g/mol. The first-order valence-electron chi connectivity index (χ1n) is 6.50. The van der Waals surface area contributed by atoms with E-state index < -0.39 is 0 Å². The van der Waals surface area contributed by atoms with E-state index in [9.17, 15) is 4.79 Å². The summed E-state index contributed by atoms with van der Waals surface area (Å²) in [5.41, 5.74) is 1.08. The maximum absolute atomic E-state index is 11.7. The molecule has 0 aliphatic carbocycles. The van der Waals surface area contributed by atoms with Gasteiger partial charge in [-0.2, -0.15) is 0 Å². The van der Waals surface area contributed by atoms with Gasteiger partial charge in [0, 0.05) is 25.7 Å². The van der Waals surface area contributed by atoms with E-state index in [-0.39, 0.29) is 5.91 Å². The number of benzene rings is 1. The van der Waals surface area contributed by atoms with Gasteiger partial charge < -0.3 is 10.6 Å². The Kier molecular flexibility index (Phi) is 6.02. The van der Waals surface area contributed by atoms with Gasteiger partial charge in [0.1, 0.15) is 5.82 Å². The fourth-order valence-electron chi connectivity index (χ4n) is 1.72. The van der Waals surface area contributed by atoms with Crippen LogP contribution in [-0.2, 0) is 11.3 Å². The van der Waals surface area contributed by atoms with Crippen LogP contribution in [0.4, 0.5) is 5.82 Å². The molecule has 0 saturated carbocycles. The number of nitrogens with zero attached hydrogens (tertiary/aromatic N) is 1. The van der Waals surface area contributed by atoms with E-state index in [1.165, 1.54) is 0 Å². The lowest BCUT2D eigenvalue weighted by Crippen LogP contribution is -2.25. The molecule has 110 valence electrons. The highest BCUT2D eigenvalue weighted by molar-refractivity contribution is 9.10. The van der Waals surface area contributed by atoms with Crippen molar-refractivity contribution in [3.63, 3.8) is 0 Å². The first-order valence-corrected chi connectivity index (χ1v) is 7.68. The number of aromatic nitrogens is 1. The average molecular weight is 369 g/mol. The van der Waals surface area contributed by atoms with E-state index in [4.69, 9.17) is 11.6 Å². The molecule has 0 atom stereocenters. The molecule has 0 spiro atoms. The Labute approximate surface area is 137 Å². The Morgan fingerprint density at radius 2 is 2.05 bits per heavy atom. The molecule has 0 bridgehead atoms. The molecule has 2 aromatic rings. The van der Waals surface area contributed by atoms with Crippen LogP contribution in [0.2, 0.25) is 5.02 Å². The molecule has 21 heavy (non-hydrogen) atoms. The van der Waals surface area contributed by atoms with E-state index in [1.54, 1.807) is 12.3 Å². The van der Waals surface area contributed by atoms with Gasteiger partial charge in [0.05, 0.1) is 9.50 Å². The van der Waals surface area contributed by atoms with Crippen molar-refractivity contribution in [3.05, 3.63) is 57.7 Å². The summed E-state index contributed by atoms with van der Waals surface area (Å²) in [5, 5.41) is 6.53. The number of carbonyl (C=O) groups is 1. The lowest BCUT2D eigenvalue weighted by Gasteiger charge is -2.08. The molecule has 1 heterocycles. The van der Waals surface area contributed by atoms with Crippen LogP contribution in [0.15, 0.2) is 47.1 Å². The molecule has 1 aromatic carbocycles. The van der Waals surface area contributed by atoms with Crippen LogP contribution in [0, 0.1) is 0 Å². The predicted octanol–water partition coefficient (Wildman–Crippen LogP) is 3.62. The van der Waals surface area contributed by atoms with Crippen LogP contribution in [0.25, 0.3) is 0 Å². The molecule has 0 unspecified atom stereocenters. The first-order chi connectivity index (χ1) is 10.1. The number of carbonyl (C=O) groups excluding carboxylic acids is 1. The Morgan fingerprint density at radius 1 is 1.29 bits per heavy atom. The zero-order valence-corrected chi connectivity index (χ0v) is 13.6. The average Bonchev–Trinajstić information content (AvgIpc) is 2.48. The standard InChI is InChI=1S/C15H15BrClN3O/c16-13-8-12(17)10-20-15(13)18-7-6-14(21)19-9-11-4-2-1-3-5-11/h1-5,8,10H,6-7,9H2,(H,18,20)(H,19,21). The molecule has 6 heteroatoms. The quantitative estimate of drug-likeness (QED) is 0.819. The van der Waals surface area contributed by atoms with E-state index in [1.807, 2.05) is 30.3 Å². The van der Waals surface area contributed by atoms with E-state index in [0.29, 0.717) is 30.4 Å². The Hall–Kier alpha value is -1.59. The van der Waals surface area contributed by atoms with Gasteiger partial charge in [-0.1, -0.05) is 41.9 Å². The van der Waals surface area contributed by atoms with Gasteiger partial charge in [-0.05, 0) is 27.6 Å². The minimum Gasteiger partial charge on any atom is -0.369 e. The number of hydrogen-bond donors (Lipinski definition) is 2. The molecule has 0 aliphatic heterocycles. The number of pyridine rings is 1. The summed E-state index contributed by atoms with van der Waals surface area (Å²) >= 11 is 9.18. The second kappa shape index (κ2) is 8.00. The molecule has 0 radical (unpaired) electrons. The van der Waals surface area contributed by atoms with Crippen molar-refractivity contribution < 1.29 is 4.79 Å². The maximum Gasteiger partial charge on any atom is 0.222 e. The third kappa shape index (κ3) is 5.36. The summed E-state index contributed by atoms with van der Waals surface area (Å²) in [6, 6.07) is 11.6. The molecule has 1 amide bonds. The molecule has 0 fully saturated rings. The Morgan fingerprint density at radius 3 is 2.76 bits per heavy atom. The van der Waals surface area contributed by atoms with Gasteiger partial charge >= 0.3 is 0 Å². The summed E-state index contributed by atoms with van der Waals surface area (Å²) in [6.07, 6.45) is 1.94. The molecule has 2 rings (SSSR count). The van der Waals surface area contributed by atoms with Crippen LogP contribution < -0.4 is 10.6 Å². The number of nitrogens with one attached hydrogen (secondary N) is 2. The zero-order valence-electron chi connectivity index (χ0n) is 11.3. The third-order valence-corrected chi connectivity index (χ3v) is 3.60. The topological polar surface area (TPSA) is 54.0 Å². The summed E-state index contributed by atoms with van der Waals surface area (Å²) in [5.74, 6) is 0.673. The molecule has 0 saturated heterocycles. The molecule has 4 nitrogen and oxygen atoms in total. The van der Waals surface area contributed by atoms with Crippen LogP contribution in [0.1, 0.15) is 12.0 Å². The van der Waals surface area contributed by atoms with Gasteiger partial charge in [0.15, 0.2) is 0 Å². The Bertz CT molecular complexity index is 607. The van der Waals surface area contributed by atoms with E-state index >= 15 is 0 Å². The molecule has 0 aliphatic rings. The van der Waals surface area contributed by atoms with E-state index in [2.05, 4.69) is 31.5 Å². The lowest BCUT2D eigenvalue weighted by atomic mass is 10.2. The third-order valence-electron chi connectivity index (χ3n) is 2.78. The smallest absolute Gasteiger partial charge is 0.222 e. The number of anilines is 1. The molecule has 1 aromatic heterocycles. The summed E-state index contributed by atoms with van der Waals surface area (Å²) in [4.78, 5) is 15.9. The largest absolute Gasteiger partial charge is 0.369 e.